The summed E-state index contributed by atoms with van der Waals surface area (Å²) in [5, 5.41) is 12.7. The van der Waals surface area contributed by atoms with E-state index in [0.29, 0.717) is 17.6 Å². The van der Waals surface area contributed by atoms with Crippen molar-refractivity contribution in [1.82, 2.24) is 20.1 Å². The molecule has 1 heterocycles. The standard InChI is InChI=1S/C21H30N4OS/c1-15(2)9-10-16(3)22-19(26)14-27-21-24-23-20(18-11-12-18)25(21)13-17-7-5-4-6-8-17/h4-8,15-16,18H,9-14H2,1-3H3,(H,22,26)/t16-/m1/s1. The summed E-state index contributed by atoms with van der Waals surface area (Å²) in [5.74, 6) is 2.70. The molecule has 0 unspecified atom stereocenters. The quantitative estimate of drug-likeness (QED) is 0.621. The predicted molar refractivity (Wildman–Crippen MR) is 110 cm³/mol. The summed E-state index contributed by atoms with van der Waals surface area (Å²) in [5.41, 5.74) is 1.23. The maximum absolute atomic E-state index is 12.3. The van der Waals surface area contributed by atoms with Crippen LogP contribution in [0.3, 0.4) is 0 Å². The van der Waals surface area contributed by atoms with Crippen molar-refractivity contribution in [2.45, 2.75) is 70.1 Å². The summed E-state index contributed by atoms with van der Waals surface area (Å²) in [6.45, 7) is 7.26. The Hall–Kier alpha value is -1.82. The zero-order chi connectivity index (χ0) is 19.2. The molecule has 0 radical (unpaired) electrons. The summed E-state index contributed by atoms with van der Waals surface area (Å²) in [4.78, 5) is 12.3. The van der Waals surface area contributed by atoms with Crippen LogP contribution in [-0.2, 0) is 11.3 Å². The second kappa shape index (κ2) is 9.40. The molecule has 1 aliphatic carbocycles. The number of hydrogen-bond donors (Lipinski definition) is 1. The summed E-state index contributed by atoms with van der Waals surface area (Å²) in [6.07, 6.45) is 4.52. The summed E-state index contributed by atoms with van der Waals surface area (Å²) < 4.78 is 2.19. The largest absolute Gasteiger partial charge is 0.353 e. The summed E-state index contributed by atoms with van der Waals surface area (Å²) in [7, 11) is 0. The number of aromatic nitrogens is 3. The molecule has 1 fully saturated rings. The van der Waals surface area contributed by atoms with Gasteiger partial charge < -0.3 is 9.88 Å². The molecular formula is C21H30N4OS. The number of rotatable bonds is 10. The van der Waals surface area contributed by atoms with Crippen LogP contribution in [0.2, 0.25) is 0 Å². The van der Waals surface area contributed by atoms with E-state index in [2.05, 4.69) is 65.1 Å². The highest BCUT2D eigenvalue weighted by Gasteiger charge is 2.30. The first-order valence-electron chi connectivity index (χ1n) is 9.92. The van der Waals surface area contributed by atoms with Gasteiger partial charge in [0.05, 0.1) is 12.3 Å². The lowest BCUT2D eigenvalue weighted by molar-refractivity contribution is -0.119. The fraction of sp³-hybridized carbons (Fsp3) is 0.571. The minimum atomic E-state index is 0.0680. The molecule has 146 valence electrons. The molecule has 1 aliphatic rings. The predicted octanol–water partition coefficient (Wildman–Crippen LogP) is 4.24. The normalized spacial score (nSPS) is 15.1. The smallest absolute Gasteiger partial charge is 0.230 e. The first-order chi connectivity index (χ1) is 13.0. The average molecular weight is 387 g/mol. The monoisotopic (exact) mass is 386 g/mol. The van der Waals surface area contributed by atoms with E-state index in [0.717, 1.165) is 30.4 Å². The van der Waals surface area contributed by atoms with Gasteiger partial charge in [-0.2, -0.15) is 0 Å². The number of amides is 1. The number of carbonyl (C=O) groups is 1. The van der Waals surface area contributed by atoms with Gasteiger partial charge in [0.1, 0.15) is 5.82 Å². The van der Waals surface area contributed by atoms with E-state index in [-0.39, 0.29) is 11.9 Å². The maximum Gasteiger partial charge on any atom is 0.230 e. The molecule has 5 nitrogen and oxygen atoms in total. The third-order valence-electron chi connectivity index (χ3n) is 4.79. The number of nitrogens with zero attached hydrogens (tertiary/aromatic N) is 3. The average Bonchev–Trinajstić information content (AvgIpc) is 3.41. The van der Waals surface area contributed by atoms with E-state index in [1.54, 1.807) is 0 Å². The van der Waals surface area contributed by atoms with Crippen LogP contribution in [0.1, 0.15) is 63.8 Å². The highest BCUT2D eigenvalue weighted by Crippen LogP contribution is 2.40. The fourth-order valence-electron chi connectivity index (χ4n) is 3.07. The van der Waals surface area contributed by atoms with Gasteiger partial charge in [-0.05, 0) is 44.1 Å². The number of carbonyl (C=O) groups excluding carboxylic acids is 1. The first-order valence-corrected chi connectivity index (χ1v) is 10.9. The molecule has 0 bridgehead atoms. The van der Waals surface area contributed by atoms with Crippen LogP contribution >= 0.6 is 11.8 Å². The van der Waals surface area contributed by atoms with Crippen LogP contribution in [0.25, 0.3) is 0 Å². The molecule has 1 amide bonds. The van der Waals surface area contributed by atoms with E-state index in [1.165, 1.54) is 30.2 Å². The minimum Gasteiger partial charge on any atom is -0.353 e. The molecule has 0 saturated heterocycles. The Morgan fingerprint density at radius 1 is 1.19 bits per heavy atom. The van der Waals surface area contributed by atoms with Gasteiger partial charge in [0.25, 0.3) is 0 Å². The van der Waals surface area contributed by atoms with E-state index in [4.69, 9.17) is 0 Å². The highest BCUT2D eigenvalue weighted by molar-refractivity contribution is 7.99. The van der Waals surface area contributed by atoms with E-state index < -0.39 is 0 Å². The molecule has 2 aromatic rings. The van der Waals surface area contributed by atoms with Gasteiger partial charge in [0, 0.05) is 12.0 Å². The zero-order valence-corrected chi connectivity index (χ0v) is 17.3. The van der Waals surface area contributed by atoms with Gasteiger partial charge in [-0.15, -0.1) is 10.2 Å². The molecule has 1 aromatic carbocycles. The number of hydrogen-bond acceptors (Lipinski definition) is 4. The number of thioether (sulfide) groups is 1. The van der Waals surface area contributed by atoms with Crippen molar-refractivity contribution in [3.05, 3.63) is 41.7 Å². The maximum atomic E-state index is 12.3. The molecule has 1 N–H and O–H groups in total. The van der Waals surface area contributed by atoms with Crippen LogP contribution in [0.5, 0.6) is 0 Å². The highest BCUT2D eigenvalue weighted by atomic mass is 32.2. The molecule has 3 rings (SSSR count). The fourth-order valence-corrected chi connectivity index (χ4v) is 3.82. The lowest BCUT2D eigenvalue weighted by Gasteiger charge is -2.15. The second-order valence-electron chi connectivity index (χ2n) is 7.92. The summed E-state index contributed by atoms with van der Waals surface area (Å²) >= 11 is 1.48. The van der Waals surface area contributed by atoms with Crippen molar-refractivity contribution in [2.75, 3.05) is 5.75 Å². The third-order valence-corrected chi connectivity index (χ3v) is 5.76. The molecular weight excluding hydrogens is 356 g/mol. The molecule has 0 spiro atoms. The number of benzene rings is 1. The Labute approximate surface area is 166 Å². The van der Waals surface area contributed by atoms with Crippen LogP contribution in [0.15, 0.2) is 35.5 Å². The molecule has 1 atom stereocenters. The van der Waals surface area contributed by atoms with Crippen LogP contribution in [-0.4, -0.2) is 32.5 Å². The van der Waals surface area contributed by atoms with Gasteiger partial charge in [-0.25, -0.2) is 0 Å². The van der Waals surface area contributed by atoms with Crippen LogP contribution in [0.4, 0.5) is 0 Å². The molecule has 1 aromatic heterocycles. The van der Waals surface area contributed by atoms with E-state index >= 15 is 0 Å². The van der Waals surface area contributed by atoms with E-state index in [1.807, 2.05) is 6.07 Å². The van der Waals surface area contributed by atoms with Crippen molar-refractivity contribution in [3.8, 4) is 0 Å². The van der Waals surface area contributed by atoms with Crippen molar-refractivity contribution < 1.29 is 4.79 Å². The Kier molecular flexibility index (Phi) is 6.94. The number of nitrogens with one attached hydrogen (secondary N) is 1. The summed E-state index contributed by atoms with van der Waals surface area (Å²) in [6, 6.07) is 10.6. The van der Waals surface area contributed by atoms with Gasteiger partial charge in [0.2, 0.25) is 5.91 Å². The SMILES string of the molecule is CC(C)CC[C@@H](C)NC(=O)CSc1nnc(C2CC2)n1Cc1ccccc1. The van der Waals surface area contributed by atoms with Gasteiger partial charge in [-0.1, -0.05) is 55.9 Å². The molecule has 6 heteroatoms. The van der Waals surface area contributed by atoms with Crippen molar-refractivity contribution in [2.24, 2.45) is 5.92 Å². The van der Waals surface area contributed by atoms with Crippen LogP contribution in [0, 0.1) is 5.92 Å². The minimum absolute atomic E-state index is 0.0680. The Bertz CT molecular complexity index is 740. The van der Waals surface area contributed by atoms with Crippen molar-refractivity contribution in [3.63, 3.8) is 0 Å². The lowest BCUT2D eigenvalue weighted by Crippen LogP contribution is -2.34. The van der Waals surface area contributed by atoms with Crippen LogP contribution < -0.4 is 5.32 Å². The zero-order valence-electron chi connectivity index (χ0n) is 16.5. The van der Waals surface area contributed by atoms with E-state index in [9.17, 15) is 4.79 Å². The topological polar surface area (TPSA) is 59.8 Å². The van der Waals surface area contributed by atoms with Gasteiger partial charge >= 0.3 is 0 Å². The Morgan fingerprint density at radius 3 is 2.59 bits per heavy atom. The van der Waals surface area contributed by atoms with Crippen molar-refractivity contribution in [1.29, 1.82) is 0 Å². The molecule has 0 aliphatic heterocycles. The second-order valence-corrected chi connectivity index (χ2v) is 8.86. The molecule has 27 heavy (non-hydrogen) atoms. The third kappa shape index (κ3) is 6.09. The Balaban J connectivity index is 1.59. The Morgan fingerprint density at radius 2 is 1.93 bits per heavy atom. The lowest BCUT2D eigenvalue weighted by atomic mass is 10.0. The van der Waals surface area contributed by atoms with Crippen molar-refractivity contribution >= 4 is 17.7 Å². The first kappa shape index (κ1) is 19.9. The van der Waals surface area contributed by atoms with Gasteiger partial charge in [-0.3, -0.25) is 4.79 Å². The molecule has 1 saturated carbocycles. The van der Waals surface area contributed by atoms with Gasteiger partial charge in [0.15, 0.2) is 5.16 Å².